The van der Waals surface area contributed by atoms with E-state index >= 15 is 0 Å². The Balaban J connectivity index is 1.69. The van der Waals surface area contributed by atoms with Gasteiger partial charge in [-0.2, -0.15) is 4.98 Å². The van der Waals surface area contributed by atoms with Gasteiger partial charge in [-0.05, 0) is 30.7 Å². The normalized spacial score (nSPS) is 11.3. The fourth-order valence-electron chi connectivity index (χ4n) is 2.92. The molecule has 0 fully saturated rings. The molecular weight excluding hydrogens is 400 g/mol. The van der Waals surface area contributed by atoms with Gasteiger partial charge in [-0.1, -0.05) is 17.7 Å². The summed E-state index contributed by atoms with van der Waals surface area (Å²) in [4.78, 5) is 33.5. The lowest BCUT2D eigenvalue weighted by molar-refractivity contribution is 0.701. The molecule has 1 N–H and O–H groups in total. The van der Waals surface area contributed by atoms with Crippen molar-refractivity contribution in [3.05, 3.63) is 67.0 Å². The summed E-state index contributed by atoms with van der Waals surface area (Å²) in [5.41, 5.74) is 2.51. The highest BCUT2D eigenvalue weighted by atomic mass is 35.5. The lowest BCUT2D eigenvalue weighted by Gasteiger charge is -2.06. The van der Waals surface area contributed by atoms with Crippen molar-refractivity contribution >= 4 is 44.9 Å². The van der Waals surface area contributed by atoms with Crippen molar-refractivity contribution in [3.63, 3.8) is 0 Å². The zero-order valence-electron chi connectivity index (χ0n) is 15.4. The fraction of sp³-hybridized carbons (Fsp3) is 0.222. The SMILES string of the molecule is Cc1ccc(Nc2nc(Cn3c(Cl)nc4c3c(=O)n(C)c(=O)n4C)cs2)cc1. The van der Waals surface area contributed by atoms with Gasteiger partial charge in [0.1, 0.15) is 0 Å². The fourth-order valence-corrected chi connectivity index (χ4v) is 3.87. The second-order valence-corrected chi connectivity index (χ2v) is 7.68. The Morgan fingerprint density at radius 3 is 2.54 bits per heavy atom. The Morgan fingerprint density at radius 1 is 1.11 bits per heavy atom. The molecule has 0 amide bonds. The number of hydrogen-bond donors (Lipinski definition) is 1. The highest BCUT2D eigenvalue weighted by Gasteiger charge is 2.19. The molecule has 4 aromatic rings. The van der Waals surface area contributed by atoms with Crippen LogP contribution >= 0.6 is 22.9 Å². The Labute approximate surface area is 168 Å². The second kappa shape index (κ2) is 6.92. The highest BCUT2D eigenvalue weighted by molar-refractivity contribution is 7.13. The molecule has 0 saturated carbocycles. The van der Waals surface area contributed by atoms with E-state index in [1.54, 1.807) is 11.6 Å². The predicted molar refractivity (Wildman–Crippen MR) is 111 cm³/mol. The van der Waals surface area contributed by atoms with Crippen LogP contribution in [0.5, 0.6) is 0 Å². The smallest absolute Gasteiger partial charge is 0.332 e. The Morgan fingerprint density at radius 2 is 1.82 bits per heavy atom. The number of hydrogen-bond acceptors (Lipinski definition) is 6. The summed E-state index contributed by atoms with van der Waals surface area (Å²) in [6.45, 7) is 2.30. The van der Waals surface area contributed by atoms with Gasteiger partial charge >= 0.3 is 5.69 Å². The molecule has 3 aromatic heterocycles. The first-order chi connectivity index (χ1) is 13.3. The number of fused-ring (bicyclic) bond motifs is 1. The number of imidazole rings is 1. The van der Waals surface area contributed by atoms with Gasteiger partial charge in [-0.15, -0.1) is 11.3 Å². The monoisotopic (exact) mass is 416 g/mol. The van der Waals surface area contributed by atoms with Crippen LogP contribution in [0.1, 0.15) is 11.3 Å². The van der Waals surface area contributed by atoms with Crippen molar-refractivity contribution in [1.29, 1.82) is 0 Å². The topological polar surface area (TPSA) is 86.7 Å². The summed E-state index contributed by atoms with van der Waals surface area (Å²) in [7, 11) is 2.99. The van der Waals surface area contributed by atoms with Crippen molar-refractivity contribution in [1.82, 2.24) is 23.7 Å². The van der Waals surface area contributed by atoms with Crippen molar-refractivity contribution in [2.24, 2.45) is 14.1 Å². The lowest BCUT2D eigenvalue weighted by Crippen LogP contribution is -2.37. The van der Waals surface area contributed by atoms with Gasteiger partial charge in [0.2, 0.25) is 5.28 Å². The van der Waals surface area contributed by atoms with Gasteiger partial charge in [-0.25, -0.2) is 9.78 Å². The Bertz CT molecular complexity index is 1300. The zero-order valence-corrected chi connectivity index (χ0v) is 17.0. The maximum absolute atomic E-state index is 12.6. The van der Waals surface area contributed by atoms with Gasteiger partial charge in [0.05, 0.1) is 12.2 Å². The largest absolute Gasteiger partial charge is 0.332 e. The molecular formula is C18H17ClN6O2S. The average Bonchev–Trinajstić information content (AvgIpc) is 3.25. The summed E-state index contributed by atoms with van der Waals surface area (Å²) >= 11 is 7.72. The van der Waals surface area contributed by atoms with Crippen LogP contribution in [0.2, 0.25) is 5.28 Å². The van der Waals surface area contributed by atoms with Crippen LogP contribution in [-0.2, 0) is 20.6 Å². The summed E-state index contributed by atoms with van der Waals surface area (Å²) in [5, 5.41) is 6.02. The van der Waals surface area contributed by atoms with Crippen LogP contribution in [-0.4, -0.2) is 23.7 Å². The molecule has 1 aromatic carbocycles. The molecule has 0 aliphatic carbocycles. The summed E-state index contributed by atoms with van der Waals surface area (Å²) in [5.74, 6) is 0. The van der Waals surface area contributed by atoms with Crippen LogP contribution in [0.25, 0.3) is 11.2 Å². The van der Waals surface area contributed by atoms with Gasteiger partial charge in [0.15, 0.2) is 16.3 Å². The third-order valence-electron chi connectivity index (χ3n) is 4.48. The van der Waals surface area contributed by atoms with Gasteiger partial charge in [0, 0.05) is 25.2 Å². The predicted octanol–water partition coefficient (Wildman–Crippen LogP) is 2.64. The maximum atomic E-state index is 12.6. The molecule has 0 aliphatic heterocycles. The Kier molecular flexibility index (Phi) is 4.56. The van der Waals surface area contributed by atoms with E-state index in [0.717, 1.165) is 21.1 Å². The minimum Gasteiger partial charge on any atom is -0.332 e. The summed E-state index contributed by atoms with van der Waals surface area (Å²) < 4.78 is 3.93. The molecule has 0 spiro atoms. The van der Waals surface area contributed by atoms with Crippen molar-refractivity contribution in [2.45, 2.75) is 13.5 Å². The minimum atomic E-state index is -0.447. The van der Waals surface area contributed by atoms with Crippen molar-refractivity contribution in [2.75, 3.05) is 5.32 Å². The number of halogens is 1. The second-order valence-electron chi connectivity index (χ2n) is 6.48. The molecule has 0 atom stereocenters. The van der Waals surface area contributed by atoms with Crippen LogP contribution in [0.4, 0.5) is 10.8 Å². The van der Waals surface area contributed by atoms with Crippen molar-refractivity contribution in [3.8, 4) is 0 Å². The molecule has 8 nitrogen and oxygen atoms in total. The van der Waals surface area contributed by atoms with Gasteiger partial charge in [-0.3, -0.25) is 13.9 Å². The molecule has 0 unspecified atom stereocenters. The number of anilines is 2. The highest BCUT2D eigenvalue weighted by Crippen LogP contribution is 2.23. The van der Waals surface area contributed by atoms with Gasteiger partial charge in [0.25, 0.3) is 5.56 Å². The number of rotatable bonds is 4. The van der Waals surface area contributed by atoms with E-state index in [1.807, 2.05) is 36.6 Å². The third kappa shape index (κ3) is 3.12. The first kappa shape index (κ1) is 18.5. The standard InChI is InChI=1S/C18H17ClN6O2S/c1-10-4-6-11(7-5-10)20-17-21-12(9-28-17)8-25-13-14(22-16(25)19)23(2)18(27)24(3)15(13)26/h4-7,9H,8H2,1-3H3,(H,20,21). The third-order valence-corrected chi connectivity index (χ3v) is 5.57. The lowest BCUT2D eigenvalue weighted by atomic mass is 10.2. The number of nitrogens with one attached hydrogen (secondary N) is 1. The van der Waals surface area contributed by atoms with Crippen LogP contribution in [0, 0.1) is 6.92 Å². The first-order valence-corrected chi connectivity index (χ1v) is 9.70. The summed E-state index contributed by atoms with van der Waals surface area (Å²) in [6, 6.07) is 8.02. The van der Waals surface area contributed by atoms with Crippen LogP contribution in [0.15, 0.2) is 39.2 Å². The quantitative estimate of drug-likeness (QED) is 0.517. The van der Waals surface area contributed by atoms with E-state index in [1.165, 1.54) is 28.5 Å². The molecule has 0 aliphatic rings. The average molecular weight is 417 g/mol. The van der Waals surface area contributed by atoms with E-state index in [-0.39, 0.29) is 23.0 Å². The molecule has 4 rings (SSSR count). The molecule has 28 heavy (non-hydrogen) atoms. The number of nitrogens with zero attached hydrogens (tertiary/aromatic N) is 5. The maximum Gasteiger partial charge on any atom is 0.332 e. The van der Waals surface area contributed by atoms with E-state index in [9.17, 15) is 9.59 Å². The van der Waals surface area contributed by atoms with E-state index in [2.05, 4.69) is 15.3 Å². The van der Waals surface area contributed by atoms with Crippen LogP contribution in [0.3, 0.4) is 0 Å². The number of aromatic nitrogens is 5. The molecule has 3 heterocycles. The zero-order chi connectivity index (χ0) is 20.0. The number of benzene rings is 1. The van der Waals surface area contributed by atoms with Gasteiger partial charge < -0.3 is 9.88 Å². The molecule has 0 saturated heterocycles. The number of aryl methyl sites for hydroxylation is 2. The van der Waals surface area contributed by atoms with E-state index in [0.29, 0.717) is 0 Å². The van der Waals surface area contributed by atoms with Crippen molar-refractivity contribution < 1.29 is 0 Å². The van der Waals surface area contributed by atoms with E-state index < -0.39 is 11.2 Å². The summed E-state index contributed by atoms with van der Waals surface area (Å²) in [6.07, 6.45) is 0. The molecule has 10 heteroatoms. The molecule has 0 radical (unpaired) electrons. The molecule has 144 valence electrons. The Hall–Kier alpha value is -2.91. The minimum absolute atomic E-state index is 0.134. The van der Waals surface area contributed by atoms with Crippen LogP contribution < -0.4 is 16.6 Å². The first-order valence-electron chi connectivity index (χ1n) is 8.45. The number of thiazole rings is 1. The van der Waals surface area contributed by atoms with E-state index in [4.69, 9.17) is 11.6 Å². The molecule has 0 bridgehead atoms.